The molecule has 0 aromatic heterocycles. The molecular formula is C12H25N3O. The number of rotatable bonds is 6. The number of carbonyl (C=O) groups excluding carboxylic acids is 1. The number of primary amides is 1. The smallest absolute Gasteiger partial charge is 0.224 e. The highest BCUT2D eigenvalue weighted by molar-refractivity contribution is 5.80. The van der Waals surface area contributed by atoms with Gasteiger partial charge in [-0.05, 0) is 46.6 Å². The molecule has 1 heterocycles. The SMILES string of the molecule is CC(CC1CCCN1)NCC(C)(C)C(N)=O. The Labute approximate surface area is 98.3 Å². The molecule has 2 unspecified atom stereocenters. The van der Waals surface area contributed by atoms with E-state index in [0.717, 1.165) is 13.0 Å². The Morgan fingerprint density at radius 1 is 1.62 bits per heavy atom. The second-order valence-corrected chi connectivity index (χ2v) is 5.56. The minimum atomic E-state index is -0.461. The van der Waals surface area contributed by atoms with Crippen LogP contribution in [0.1, 0.15) is 40.0 Å². The van der Waals surface area contributed by atoms with Gasteiger partial charge in [0.2, 0.25) is 5.91 Å². The third kappa shape index (κ3) is 4.10. The Morgan fingerprint density at radius 2 is 2.31 bits per heavy atom. The van der Waals surface area contributed by atoms with Gasteiger partial charge in [0, 0.05) is 18.6 Å². The van der Waals surface area contributed by atoms with E-state index in [4.69, 9.17) is 5.73 Å². The largest absolute Gasteiger partial charge is 0.369 e. The summed E-state index contributed by atoms with van der Waals surface area (Å²) in [5.41, 5.74) is 4.87. The summed E-state index contributed by atoms with van der Waals surface area (Å²) in [5, 5.41) is 6.87. The molecule has 1 fully saturated rings. The van der Waals surface area contributed by atoms with Gasteiger partial charge in [-0.15, -0.1) is 0 Å². The molecule has 4 heteroatoms. The first-order valence-corrected chi connectivity index (χ1v) is 6.18. The van der Waals surface area contributed by atoms with Crippen molar-refractivity contribution in [2.24, 2.45) is 11.1 Å². The Hall–Kier alpha value is -0.610. The molecule has 2 atom stereocenters. The highest BCUT2D eigenvalue weighted by atomic mass is 16.1. The van der Waals surface area contributed by atoms with E-state index in [9.17, 15) is 4.79 Å². The first-order valence-electron chi connectivity index (χ1n) is 6.18. The van der Waals surface area contributed by atoms with E-state index in [1.54, 1.807) is 0 Å². The number of carbonyl (C=O) groups is 1. The summed E-state index contributed by atoms with van der Waals surface area (Å²) < 4.78 is 0. The fraction of sp³-hybridized carbons (Fsp3) is 0.917. The lowest BCUT2D eigenvalue weighted by molar-refractivity contribution is -0.125. The van der Waals surface area contributed by atoms with E-state index in [1.807, 2.05) is 13.8 Å². The summed E-state index contributed by atoms with van der Waals surface area (Å²) >= 11 is 0. The number of hydrogen-bond acceptors (Lipinski definition) is 3. The summed E-state index contributed by atoms with van der Waals surface area (Å²) in [7, 11) is 0. The summed E-state index contributed by atoms with van der Waals surface area (Å²) in [4.78, 5) is 11.1. The quantitative estimate of drug-likeness (QED) is 0.623. The van der Waals surface area contributed by atoms with Gasteiger partial charge in [-0.2, -0.15) is 0 Å². The van der Waals surface area contributed by atoms with Gasteiger partial charge in [-0.1, -0.05) is 0 Å². The Balaban J connectivity index is 2.23. The molecule has 0 aromatic rings. The minimum Gasteiger partial charge on any atom is -0.369 e. The standard InChI is InChI=1S/C12H25N3O/c1-9(7-10-5-4-6-14-10)15-8-12(2,3)11(13)16/h9-10,14-15H,4-8H2,1-3H3,(H2,13,16). The monoisotopic (exact) mass is 227 g/mol. The Morgan fingerprint density at radius 3 is 2.81 bits per heavy atom. The molecule has 16 heavy (non-hydrogen) atoms. The molecule has 1 amide bonds. The van der Waals surface area contributed by atoms with Gasteiger partial charge in [0.1, 0.15) is 0 Å². The van der Waals surface area contributed by atoms with Gasteiger partial charge in [-0.25, -0.2) is 0 Å². The minimum absolute atomic E-state index is 0.244. The van der Waals surface area contributed by atoms with Crippen molar-refractivity contribution in [1.29, 1.82) is 0 Å². The number of amides is 1. The van der Waals surface area contributed by atoms with E-state index < -0.39 is 5.41 Å². The lowest BCUT2D eigenvalue weighted by Crippen LogP contribution is -2.44. The van der Waals surface area contributed by atoms with E-state index >= 15 is 0 Å². The molecular weight excluding hydrogens is 202 g/mol. The lowest BCUT2D eigenvalue weighted by Gasteiger charge is -2.25. The third-order valence-corrected chi connectivity index (χ3v) is 3.36. The van der Waals surface area contributed by atoms with Crippen LogP contribution in [0.3, 0.4) is 0 Å². The molecule has 1 rings (SSSR count). The fourth-order valence-electron chi connectivity index (χ4n) is 1.98. The van der Waals surface area contributed by atoms with Gasteiger partial charge >= 0.3 is 0 Å². The van der Waals surface area contributed by atoms with Crippen molar-refractivity contribution >= 4 is 5.91 Å². The van der Waals surface area contributed by atoms with E-state index in [2.05, 4.69) is 17.6 Å². The molecule has 0 radical (unpaired) electrons. The number of nitrogens with one attached hydrogen (secondary N) is 2. The van der Waals surface area contributed by atoms with Crippen molar-refractivity contribution in [3.05, 3.63) is 0 Å². The predicted octanol–water partition coefficient (Wildman–Crippen LogP) is 0.618. The summed E-state index contributed by atoms with van der Waals surface area (Å²) in [5.74, 6) is -0.244. The molecule has 1 aliphatic heterocycles. The lowest BCUT2D eigenvalue weighted by atomic mass is 9.92. The van der Waals surface area contributed by atoms with Crippen molar-refractivity contribution in [3.8, 4) is 0 Å². The average molecular weight is 227 g/mol. The van der Waals surface area contributed by atoms with Gasteiger partial charge in [0.15, 0.2) is 0 Å². The van der Waals surface area contributed by atoms with Crippen LogP contribution in [0.4, 0.5) is 0 Å². The molecule has 0 bridgehead atoms. The molecule has 1 aliphatic rings. The summed E-state index contributed by atoms with van der Waals surface area (Å²) in [6.45, 7) is 7.71. The Kier molecular flexibility index (Phi) is 4.74. The van der Waals surface area contributed by atoms with E-state index in [-0.39, 0.29) is 5.91 Å². The van der Waals surface area contributed by atoms with Gasteiger partial charge in [0.25, 0.3) is 0 Å². The zero-order chi connectivity index (χ0) is 12.2. The maximum atomic E-state index is 11.1. The first kappa shape index (κ1) is 13.5. The predicted molar refractivity (Wildman–Crippen MR) is 66.1 cm³/mol. The average Bonchev–Trinajstić information content (AvgIpc) is 2.67. The Bertz CT molecular complexity index is 234. The van der Waals surface area contributed by atoms with Crippen LogP contribution in [0.2, 0.25) is 0 Å². The van der Waals surface area contributed by atoms with Crippen molar-refractivity contribution < 1.29 is 4.79 Å². The highest BCUT2D eigenvalue weighted by Crippen LogP contribution is 2.14. The third-order valence-electron chi connectivity index (χ3n) is 3.36. The zero-order valence-electron chi connectivity index (χ0n) is 10.7. The second-order valence-electron chi connectivity index (χ2n) is 5.56. The van der Waals surface area contributed by atoms with Crippen LogP contribution in [-0.2, 0) is 4.79 Å². The topological polar surface area (TPSA) is 67.2 Å². The molecule has 4 N–H and O–H groups in total. The molecule has 0 aromatic carbocycles. The van der Waals surface area contributed by atoms with Crippen LogP contribution in [0.15, 0.2) is 0 Å². The van der Waals surface area contributed by atoms with Crippen LogP contribution >= 0.6 is 0 Å². The second kappa shape index (κ2) is 5.64. The van der Waals surface area contributed by atoms with E-state index in [1.165, 1.54) is 12.8 Å². The van der Waals surface area contributed by atoms with Crippen molar-refractivity contribution in [1.82, 2.24) is 10.6 Å². The van der Waals surface area contributed by atoms with Crippen molar-refractivity contribution in [2.45, 2.75) is 52.1 Å². The molecule has 0 spiro atoms. The van der Waals surface area contributed by atoms with Crippen LogP contribution < -0.4 is 16.4 Å². The zero-order valence-corrected chi connectivity index (χ0v) is 10.7. The molecule has 4 nitrogen and oxygen atoms in total. The summed E-state index contributed by atoms with van der Waals surface area (Å²) in [6.07, 6.45) is 3.67. The van der Waals surface area contributed by atoms with Gasteiger partial charge in [0.05, 0.1) is 5.41 Å². The molecule has 94 valence electrons. The van der Waals surface area contributed by atoms with Crippen molar-refractivity contribution in [3.63, 3.8) is 0 Å². The van der Waals surface area contributed by atoms with Crippen molar-refractivity contribution in [2.75, 3.05) is 13.1 Å². The molecule has 0 aliphatic carbocycles. The van der Waals surface area contributed by atoms with E-state index in [0.29, 0.717) is 18.6 Å². The number of nitrogens with two attached hydrogens (primary N) is 1. The maximum Gasteiger partial charge on any atom is 0.224 e. The maximum absolute atomic E-state index is 11.1. The summed E-state index contributed by atoms with van der Waals surface area (Å²) in [6, 6.07) is 1.06. The van der Waals surface area contributed by atoms with Crippen LogP contribution in [0.25, 0.3) is 0 Å². The normalized spacial score (nSPS) is 23.3. The van der Waals surface area contributed by atoms with Crippen LogP contribution in [-0.4, -0.2) is 31.1 Å². The van der Waals surface area contributed by atoms with Gasteiger partial charge in [-0.3, -0.25) is 4.79 Å². The molecule has 1 saturated heterocycles. The number of hydrogen-bond donors (Lipinski definition) is 3. The molecule has 0 saturated carbocycles. The fourth-order valence-corrected chi connectivity index (χ4v) is 1.98. The van der Waals surface area contributed by atoms with Crippen LogP contribution in [0.5, 0.6) is 0 Å². The van der Waals surface area contributed by atoms with Crippen LogP contribution in [0, 0.1) is 5.41 Å². The van der Waals surface area contributed by atoms with Gasteiger partial charge < -0.3 is 16.4 Å². The first-order chi connectivity index (χ1) is 7.42. The highest BCUT2D eigenvalue weighted by Gasteiger charge is 2.25.